The van der Waals surface area contributed by atoms with Gasteiger partial charge >= 0.3 is 0 Å². The number of halogens is 1. The van der Waals surface area contributed by atoms with Crippen LogP contribution >= 0.6 is 22.9 Å². The Morgan fingerprint density at radius 3 is 2.82 bits per heavy atom. The van der Waals surface area contributed by atoms with Crippen LogP contribution in [0.15, 0.2) is 47.1 Å². The maximum absolute atomic E-state index is 9.42. The molecule has 0 bridgehead atoms. The Balaban J connectivity index is 1.92. The molecule has 22 heavy (non-hydrogen) atoms. The Kier molecular flexibility index (Phi) is 2.96. The highest BCUT2D eigenvalue weighted by molar-refractivity contribution is 7.20. The predicted octanol–water partition coefficient (Wildman–Crippen LogP) is 4.24. The molecule has 0 saturated carbocycles. The molecule has 0 aliphatic rings. The fourth-order valence-electron chi connectivity index (χ4n) is 2.18. The van der Waals surface area contributed by atoms with Gasteiger partial charge in [-0.25, -0.2) is 4.98 Å². The van der Waals surface area contributed by atoms with E-state index < -0.39 is 0 Å². The number of hydrogen-bond donors (Lipinski definition) is 0. The molecule has 0 unspecified atom stereocenters. The standard InChI is InChI=1S/C15H7ClN4OS/c16-10-5-2-1-4-9(10)14-19-20-11(8-17)13(18-15(20)22-14)12-6-3-7-21-12/h1-7H. The lowest BCUT2D eigenvalue weighted by atomic mass is 10.2. The summed E-state index contributed by atoms with van der Waals surface area (Å²) in [6, 6.07) is 13.1. The van der Waals surface area contributed by atoms with Crippen LogP contribution in [0, 0.1) is 11.3 Å². The molecule has 3 aromatic heterocycles. The third-order valence-corrected chi connectivity index (χ3v) is 4.44. The minimum Gasteiger partial charge on any atom is -0.463 e. The molecule has 1 aromatic carbocycles. The first kappa shape index (κ1) is 13.1. The fourth-order valence-corrected chi connectivity index (χ4v) is 3.40. The zero-order valence-corrected chi connectivity index (χ0v) is 12.6. The van der Waals surface area contributed by atoms with E-state index in [-0.39, 0.29) is 0 Å². The number of imidazole rings is 1. The van der Waals surface area contributed by atoms with Crippen LogP contribution in [0.3, 0.4) is 0 Å². The van der Waals surface area contributed by atoms with Gasteiger partial charge in [-0.1, -0.05) is 41.1 Å². The zero-order chi connectivity index (χ0) is 15.1. The number of fused-ring (bicyclic) bond motifs is 1. The van der Waals surface area contributed by atoms with E-state index in [2.05, 4.69) is 16.2 Å². The Bertz CT molecular complexity index is 1010. The largest absolute Gasteiger partial charge is 0.463 e. The third kappa shape index (κ3) is 1.91. The van der Waals surface area contributed by atoms with Crippen LogP contribution in [-0.4, -0.2) is 14.6 Å². The Morgan fingerprint density at radius 1 is 1.23 bits per heavy atom. The summed E-state index contributed by atoms with van der Waals surface area (Å²) in [4.78, 5) is 5.08. The summed E-state index contributed by atoms with van der Waals surface area (Å²) in [5, 5.41) is 15.2. The van der Waals surface area contributed by atoms with Crippen molar-refractivity contribution in [1.29, 1.82) is 5.26 Å². The van der Waals surface area contributed by atoms with Gasteiger partial charge in [0.2, 0.25) is 4.96 Å². The van der Waals surface area contributed by atoms with Gasteiger partial charge in [-0.2, -0.15) is 14.9 Å². The van der Waals surface area contributed by atoms with Gasteiger partial charge in [-0.15, -0.1) is 0 Å². The maximum atomic E-state index is 9.42. The molecule has 4 aromatic rings. The first-order valence-corrected chi connectivity index (χ1v) is 7.56. The van der Waals surface area contributed by atoms with Crippen LogP contribution in [0.4, 0.5) is 0 Å². The number of furan rings is 1. The van der Waals surface area contributed by atoms with Gasteiger partial charge in [-0.3, -0.25) is 0 Å². The van der Waals surface area contributed by atoms with Gasteiger partial charge in [0, 0.05) is 5.56 Å². The van der Waals surface area contributed by atoms with E-state index in [1.54, 1.807) is 24.5 Å². The molecule has 3 heterocycles. The van der Waals surface area contributed by atoms with Gasteiger partial charge in [0.25, 0.3) is 0 Å². The zero-order valence-electron chi connectivity index (χ0n) is 11.0. The number of nitrogens with zero attached hydrogens (tertiary/aromatic N) is 4. The second-order valence-corrected chi connectivity index (χ2v) is 5.84. The highest BCUT2D eigenvalue weighted by Crippen LogP contribution is 2.33. The quantitative estimate of drug-likeness (QED) is 0.552. The lowest BCUT2D eigenvalue weighted by Crippen LogP contribution is -1.90. The predicted molar refractivity (Wildman–Crippen MR) is 83.7 cm³/mol. The second kappa shape index (κ2) is 4.98. The number of rotatable bonds is 2. The van der Waals surface area contributed by atoms with E-state index in [0.29, 0.717) is 27.1 Å². The molecule has 7 heteroatoms. The van der Waals surface area contributed by atoms with Gasteiger partial charge in [0.1, 0.15) is 16.8 Å². The van der Waals surface area contributed by atoms with E-state index in [1.165, 1.54) is 15.9 Å². The summed E-state index contributed by atoms with van der Waals surface area (Å²) in [5.41, 5.74) is 1.67. The molecular formula is C15H7ClN4OS. The summed E-state index contributed by atoms with van der Waals surface area (Å²) in [6.07, 6.45) is 1.55. The molecule has 0 saturated heterocycles. The topological polar surface area (TPSA) is 67.1 Å². The third-order valence-electron chi connectivity index (χ3n) is 3.17. The van der Waals surface area contributed by atoms with E-state index in [1.807, 2.05) is 18.2 Å². The van der Waals surface area contributed by atoms with E-state index in [9.17, 15) is 5.26 Å². The lowest BCUT2D eigenvalue weighted by molar-refractivity contribution is 0.580. The van der Waals surface area contributed by atoms with Crippen LogP contribution in [0.2, 0.25) is 5.02 Å². The van der Waals surface area contributed by atoms with E-state index >= 15 is 0 Å². The average Bonchev–Trinajstić information content (AvgIpc) is 3.22. The van der Waals surface area contributed by atoms with Crippen molar-refractivity contribution in [2.75, 3.05) is 0 Å². The molecule has 106 valence electrons. The van der Waals surface area contributed by atoms with Crippen LogP contribution in [0.25, 0.3) is 27.0 Å². The molecule has 0 spiro atoms. The number of hydrogen-bond acceptors (Lipinski definition) is 5. The minimum absolute atomic E-state index is 0.347. The molecule has 0 N–H and O–H groups in total. The van der Waals surface area contributed by atoms with Crippen molar-refractivity contribution in [3.05, 3.63) is 53.4 Å². The molecule has 5 nitrogen and oxygen atoms in total. The molecule has 0 fully saturated rings. The summed E-state index contributed by atoms with van der Waals surface area (Å²) in [7, 11) is 0. The molecule has 4 rings (SSSR count). The first-order chi connectivity index (χ1) is 10.8. The lowest BCUT2D eigenvalue weighted by Gasteiger charge is -1.97. The van der Waals surface area contributed by atoms with Crippen LogP contribution in [-0.2, 0) is 0 Å². The monoisotopic (exact) mass is 326 g/mol. The summed E-state index contributed by atoms with van der Waals surface area (Å²) in [5.74, 6) is 0.550. The minimum atomic E-state index is 0.347. The Morgan fingerprint density at radius 2 is 2.09 bits per heavy atom. The van der Waals surface area contributed by atoms with Crippen molar-refractivity contribution in [3.63, 3.8) is 0 Å². The smallest absolute Gasteiger partial charge is 0.214 e. The molecule has 0 aliphatic heterocycles. The normalized spacial score (nSPS) is 10.9. The van der Waals surface area contributed by atoms with Crippen molar-refractivity contribution in [2.24, 2.45) is 0 Å². The summed E-state index contributed by atoms with van der Waals surface area (Å²) in [6.45, 7) is 0. The number of aromatic nitrogens is 3. The van der Waals surface area contributed by atoms with Crippen LogP contribution in [0.5, 0.6) is 0 Å². The Labute approximate surface area is 134 Å². The first-order valence-electron chi connectivity index (χ1n) is 6.36. The van der Waals surface area contributed by atoms with Crippen molar-refractivity contribution >= 4 is 27.9 Å². The van der Waals surface area contributed by atoms with Crippen molar-refractivity contribution in [2.45, 2.75) is 0 Å². The average molecular weight is 327 g/mol. The molecule has 0 radical (unpaired) electrons. The van der Waals surface area contributed by atoms with Crippen molar-refractivity contribution in [3.8, 4) is 28.1 Å². The molecular weight excluding hydrogens is 320 g/mol. The van der Waals surface area contributed by atoms with E-state index in [4.69, 9.17) is 16.0 Å². The van der Waals surface area contributed by atoms with Gasteiger partial charge < -0.3 is 4.42 Å². The highest BCUT2D eigenvalue weighted by Gasteiger charge is 2.20. The van der Waals surface area contributed by atoms with Gasteiger partial charge in [0.05, 0.1) is 11.3 Å². The summed E-state index contributed by atoms with van der Waals surface area (Å²) >= 11 is 7.57. The molecule has 0 aliphatic carbocycles. The van der Waals surface area contributed by atoms with Gasteiger partial charge in [-0.05, 0) is 18.2 Å². The fraction of sp³-hybridized carbons (Fsp3) is 0. The number of nitriles is 1. The van der Waals surface area contributed by atoms with Crippen LogP contribution in [0.1, 0.15) is 5.69 Å². The Hall–Kier alpha value is -2.62. The molecule has 0 atom stereocenters. The maximum Gasteiger partial charge on any atom is 0.214 e. The van der Waals surface area contributed by atoms with Crippen molar-refractivity contribution in [1.82, 2.24) is 14.6 Å². The highest BCUT2D eigenvalue weighted by atomic mass is 35.5. The van der Waals surface area contributed by atoms with E-state index in [0.717, 1.165) is 10.6 Å². The summed E-state index contributed by atoms with van der Waals surface area (Å²) < 4.78 is 6.85. The second-order valence-electron chi connectivity index (χ2n) is 4.48. The molecule has 0 amide bonds. The van der Waals surface area contributed by atoms with Crippen LogP contribution < -0.4 is 0 Å². The van der Waals surface area contributed by atoms with Gasteiger partial charge in [0.15, 0.2) is 11.5 Å². The van der Waals surface area contributed by atoms with Crippen molar-refractivity contribution < 1.29 is 4.42 Å². The number of benzene rings is 1. The SMILES string of the molecule is N#Cc1c(-c2ccco2)nc2sc(-c3ccccc3Cl)nn12.